The molecule has 8 atom stereocenters. The van der Waals surface area contributed by atoms with Crippen LogP contribution in [0.3, 0.4) is 0 Å². The molecule has 3 aliphatic rings. The Morgan fingerprint density at radius 2 is 1.84 bits per heavy atom. The van der Waals surface area contributed by atoms with E-state index >= 15 is 0 Å². The van der Waals surface area contributed by atoms with E-state index in [4.69, 9.17) is 0 Å². The Labute approximate surface area is 113 Å². The van der Waals surface area contributed by atoms with Crippen LogP contribution in [0, 0.1) is 23.7 Å². The summed E-state index contributed by atoms with van der Waals surface area (Å²) < 4.78 is 0. The first-order valence-corrected chi connectivity index (χ1v) is 7.21. The van der Waals surface area contributed by atoms with Crippen LogP contribution in [0.4, 0.5) is 0 Å². The number of aliphatic hydroxyl groups is 4. The molecule has 3 rings (SSSR count). The average Bonchev–Trinajstić information content (AvgIpc) is 2.52. The maximum atomic E-state index is 11.0. The molecule has 108 valence electrons. The van der Waals surface area contributed by atoms with Crippen LogP contribution in [0.1, 0.15) is 33.1 Å². The van der Waals surface area contributed by atoms with Gasteiger partial charge in [0, 0.05) is 11.8 Å². The third-order valence-corrected chi connectivity index (χ3v) is 6.10. The zero-order valence-electron chi connectivity index (χ0n) is 11.6. The summed E-state index contributed by atoms with van der Waals surface area (Å²) in [6.45, 7) is 7.63. The molecule has 4 nitrogen and oxygen atoms in total. The van der Waals surface area contributed by atoms with Gasteiger partial charge in [-0.25, -0.2) is 0 Å². The first kappa shape index (κ1) is 13.6. The molecular weight excluding hydrogens is 244 g/mol. The lowest BCUT2D eigenvalue weighted by Crippen LogP contribution is -2.60. The molecule has 3 saturated carbocycles. The molecule has 1 unspecified atom stereocenters. The van der Waals surface area contributed by atoms with E-state index in [1.165, 1.54) is 0 Å². The fourth-order valence-corrected chi connectivity index (χ4v) is 5.04. The summed E-state index contributed by atoms with van der Waals surface area (Å²) in [5, 5.41) is 42.3. The van der Waals surface area contributed by atoms with Gasteiger partial charge in [-0.15, -0.1) is 0 Å². The SMILES string of the molecule is C=C1[C@H](O)[C@@H]2C3[C@H](CC[C@]2(C)O)[C@@H](C)C[C@H](O)[C@@]13O. The zero-order valence-corrected chi connectivity index (χ0v) is 11.6. The molecule has 0 aromatic rings. The van der Waals surface area contributed by atoms with Crippen molar-refractivity contribution in [3.8, 4) is 0 Å². The standard InChI is InChI=1S/C15H24O4/c1-7-6-10(16)15(19)8(2)13(17)12-11(15)9(7)4-5-14(12,3)18/h7,9-13,16-19H,2,4-6H2,1,3H3/t7-,9+,10-,11?,12-,13-,14-,15-/m0/s1. The fraction of sp³-hybridized carbons (Fsp3) is 0.867. The minimum Gasteiger partial charge on any atom is -0.390 e. The molecule has 0 amide bonds. The van der Waals surface area contributed by atoms with E-state index in [1.807, 2.05) is 0 Å². The predicted molar refractivity (Wildman–Crippen MR) is 70.2 cm³/mol. The van der Waals surface area contributed by atoms with Gasteiger partial charge in [-0.1, -0.05) is 13.5 Å². The third-order valence-electron chi connectivity index (χ3n) is 6.10. The highest BCUT2D eigenvalue weighted by Crippen LogP contribution is 2.62. The Kier molecular flexibility index (Phi) is 2.72. The van der Waals surface area contributed by atoms with E-state index in [0.29, 0.717) is 12.8 Å². The van der Waals surface area contributed by atoms with Crippen molar-refractivity contribution in [3.05, 3.63) is 12.2 Å². The molecule has 4 N–H and O–H groups in total. The van der Waals surface area contributed by atoms with Gasteiger partial charge < -0.3 is 20.4 Å². The van der Waals surface area contributed by atoms with E-state index in [2.05, 4.69) is 13.5 Å². The van der Waals surface area contributed by atoms with E-state index < -0.39 is 29.3 Å². The van der Waals surface area contributed by atoms with Gasteiger partial charge in [0.1, 0.15) is 5.60 Å². The quantitative estimate of drug-likeness (QED) is 0.481. The Hall–Kier alpha value is -0.420. The molecule has 0 saturated heterocycles. The second-order valence-electron chi connectivity index (χ2n) is 7.14. The van der Waals surface area contributed by atoms with E-state index in [0.717, 1.165) is 6.42 Å². The Morgan fingerprint density at radius 3 is 2.47 bits per heavy atom. The zero-order chi connectivity index (χ0) is 14.2. The van der Waals surface area contributed by atoms with Crippen molar-refractivity contribution < 1.29 is 20.4 Å². The maximum absolute atomic E-state index is 11.0. The number of aliphatic hydroxyl groups excluding tert-OH is 2. The molecule has 0 spiro atoms. The molecule has 0 aliphatic heterocycles. The largest absolute Gasteiger partial charge is 0.390 e. The van der Waals surface area contributed by atoms with Crippen LogP contribution in [-0.4, -0.2) is 43.8 Å². The highest BCUT2D eigenvalue weighted by molar-refractivity contribution is 5.35. The molecule has 4 heteroatoms. The average molecular weight is 268 g/mol. The van der Waals surface area contributed by atoms with Gasteiger partial charge in [0.25, 0.3) is 0 Å². The summed E-state index contributed by atoms with van der Waals surface area (Å²) in [6, 6.07) is 0. The third kappa shape index (κ3) is 1.49. The van der Waals surface area contributed by atoms with Crippen molar-refractivity contribution in [2.24, 2.45) is 23.7 Å². The monoisotopic (exact) mass is 268 g/mol. The summed E-state index contributed by atoms with van der Waals surface area (Å²) in [7, 11) is 0. The van der Waals surface area contributed by atoms with Gasteiger partial charge >= 0.3 is 0 Å². The fourth-order valence-electron chi connectivity index (χ4n) is 5.04. The number of hydrogen-bond donors (Lipinski definition) is 4. The molecule has 0 heterocycles. The lowest BCUT2D eigenvalue weighted by molar-refractivity contribution is -0.190. The molecule has 0 bridgehead atoms. The molecule has 3 aliphatic carbocycles. The molecule has 0 aromatic carbocycles. The van der Waals surface area contributed by atoms with Gasteiger partial charge in [0.2, 0.25) is 0 Å². The van der Waals surface area contributed by atoms with Crippen molar-refractivity contribution in [1.29, 1.82) is 0 Å². The smallest absolute Gasteiger partial charge is 0.117 e. The maximum Gasteiger partial charge on any atom is 0.117 e. The van der Waals surface area contributed by atoms with Gasteiger partial charge in [0.15, 0.2) is 0 Å². The molecule has 0 radical (unpaired) electrons. The normalized spacial score (nSPS) is 61.1. The van der Waals surface area contributed by atoms with Crippen LogP contribution < -0.4 is 0 Å². The molecule has 3 fully saturated rings. The topological polar surface area (TPSA) is 80.9 Å². The summed E-state index contributed by atoms with van der Waals surface area (Å²) in [4.78, 5) is 0. The first-order valence-electron chi connectivity index (χ1n) is 7.21. The van der Waals surface area contributed by atoms with Gasteiger partial charge in [-0.05, 0) is 43.6 Å². The van der Waals surface area contributed by atoms with Crippen LogP contribution in [0.5, 0.6) is 0 Å². The van der Waals surface area contributed by atoms with Crippen LogP contribution in [-0.2, 0) is 0 Å². The lowest BCUT2D eigenvalue weighted by Gasteiger charge is -2.54. The summed E-state index contributed by atoms with van der Waals surface area (Å²) >= 11 is 0. The summed E-state index contributed by atoms with van der Waals surface area (Å²) in [6.07, 6.45) is 0.139. The molecular formula is C15H24O4. The Morgan fingerprint density at radius 1 is 1.21 bits per heavy atom. The van der Waals surface area contributed by atoms with E-state index in [1.54, 1.807) is 6.92 Å². The second kappa shape index (κ2) is 3.82. The minimum absolute atomic E-state index is 0.229. The van der Waals surface area contributed by atoms with Crippen molar-refractivity contribution in [2.75, 3.05) is 0 Å². The van der Waals surface area contributed by atoms with Gasteiger partial charge in [0.05, 0.1) is 17.8 Å². The predicted octanol–water partition coefficient (Wildman–Crippen LogP) is 0.442. The second-order valence-corrected chi connectivity index (χ2v) is 7.14. The van der Waals surface area contributed by atoms with Crippen LogP contribution >= 0.6 is 0 Å². The van der Waals surface area contributed by atoms with Crippen molar-refractivity contribution in [3.63, 3.8) is 0 Å². The van der Waals surface area contributed by atoms with Gasteiger partial charge in [-0.2, -0.15) is 0 Å². The van der Waals surface area contributed by atoms with Crippen LogP contribution in [0.15, 0.2) is 12.2 Å². The van der Waals surface area contributed by atoms with E-state index in [-0.39, 0.29) is 23.3 Å². The van der Waals surface area contributed by atoms with Crippen LogP contribution in [0.2, 0.25) is 0 Å². The number of hydrogen-bond acceptors (Lipinski definition) is 4. The molecule has 0 aromatic heterocycles. The van der Waals surface area contributed by atoms with E-state index in [9.17, 15) is 20.4 Å². The van der Waals surface area contributed by atoms with Crippen LogP contribution in [0.25, 0.3) is 0 Å². The first-order chi connectivity index (χ1) is 8.71. The minimum atomic E-state index is -1.44. The van der Waals surface area contributed by atoms with Crippen molar-refractivity contribution in [1.82, 2.24) is 0 Å². The van der Waals surface area contributed by atoms with Crippen molar-refractivity contribution in [2.45, 2.75) is 56.5 Å². The summed E-state index contributed by atoms with van der Waals surface area (Å²) in [5.74, 6) is -0.205. The lowest BCUT2D eigenvalue weighted by atomic mass is 9.55. The van der Waals surface area contributed by atoms with Gasteiger partial charge in [-0.3, -0.25) is 0 Å². The highest BCUT2D eigenvalue weighted by Gasteiger charge is 2.68. The Balaban J connectivity index is 2.13. The van der Waals surface area contributed by atoms with Crippen molar-refractivity contribution >= 4 is 0 Å². The molecule has 19 heavy (non-hydrogen) atoms. The Bertz CT molecular complexity index is 418. The highest BCUT2D eigenvalue weighted by atomic mass is 16.4. The number of rotatable bonds is 0. The summed E-state index contributed by atoms with van der Waals surface area (Å²) in [5.41, 5.74) is -2.16.